The molecule has 0 amide bonds. The smallest absolute Gasteiger partial charge is 0.151 e. The van der Waals surface area contributed by atoms with Gasteiger partial charge in [-0.3, -0.25) is 5.43 Å². The molecule has 0 fully saturated rings. The third kappa shape index (κ3) is 2.55. The van der Waals surface area contributed by atoms with E-state index >= 15 is 0 Å². The number of hydrogen-bond acceptors (Lipinski definition) is 4. The highest BCUT2D eigenvalue weighted by atomic mass is 16.3. The van der Waals surface area contributed by atoms with Crippen LogP contribution in [0.1, 0.15) is 12.7 Å². The molecule has 112 valence electrons. The van der Waals surface area contributed by atoms with Gasteiger partial charge in [-0.25, -0.2) is 4.98 Å². The Kier molecular flexibility index (Phi) is 3.27. The third-order valence-corrected chi connectivity index (χ3v) is 3.79. The molecule has 0 radical (unpaired) electrons. The summed E-state index contributed by atoms with van der Waals surface area (Å²) in [5, 5.41) is 7.84. The van der Waals surface area contributed by atoms with Gasteiger partial charge in [-0.1, -0.05) is 36.4 Å². The Labute approximate surface area is 133 Å². The topological polar surface area (TPSA) is 50.4 Å². The van der Waals surface area contributed by atoms with Gasteiger partial charge in [0.2, 0.25) is 0 Å². The van der Waals surface area contributed by atoms with Gasteiger partial charge in [-0.05, 0) is 42.0 Å². The molecule has 0 atom stereocenters. The number of anilines is 1. The van der Waals surface area contributed by atoms with E-state index in [1.165, 1.54) is 10.8 Å². The molecular weight excluding hydrogens is 286 g/mol. The summed E-state index contributed by atoms with van der Waals surface area (Å²) in [6.07, 6.45) is 1.72. The summed E-state index contributed by atoms with van der Waals surface area (Å²) in [5.41, 5.74) is 4.58. The normalized spacial score (nSPS) is 12.0. The monoisotopic (exact) mass is 301 g/mol. The lowest BCUT2D eigenvalue weighted by Crippen LogP contribution is -1.99. The predicted molar refractivity (Wildman–Crippen MR) is 93.8 cm³/mol. The van der Waals surface area contributed by atoms with Crippen LogP contribution in [0.5, 0.6) is 0 Å². The Bertz CT molecular complexity index is 1000. The first-order valence-corrected chi connectivity index (χ1v) is 7.44. The minimum absolute atomic E-state index is 0.702. The van der Waals surface area contributed by atoms with Crippen molar-refractivity contribution in [2.45, 2.75) is 6.92 Å². The number of hydrazone groups is 1. The van der Waals surface area contributed by atoms with Crippen molar-refractivity contribution in [2.75, 3.05) is 5.43 Å². The number of hydrogen-bond donors (Lipinski definition) is 1. The molecule has 0 aliphatic carbocycles. The van der Waals surface area contributed by atoms with Crippen LogP contribution in [0.2, 0.25) is 0 Å². The van der Waals surface area contributed by atoms with Gasteiger partial charge in [-0.15, -0.1) is 0 Å². The van der Waals surface area contributed by atoms with Crippen molar-refractivity contribution in [1.82, 2.24) is 4.98 Å². The second kappa shape index (κ2) is 5.57. The average Bonchev–Trinajstić information content (AvgIpc) is 3.05. The molecule has 2 heterocycles. The summed E-state index contributed by atoms with van der Waals surface area (Å²) in [4.78, 5) is 4.18. The minimum Gasteiger partial charge on any atom is -0.455 e. The van der Waals surface area contributed by atoms with Gasteiger partial charge in [0.1, 0.15) is 17.1 Å². The molecule has 4 rings (SSSR count). The SMILES string of the molecule is C/C(=N/Nc1ccccn1)c1cc2c(ccc3ccccc32)o1. The number of furan rings is 1. The van der Waals surface area contributed by atoms with Crippen molar-refractivity contribution < 1.29 is 4.42 Å². The maximum Gasteiger partial charge on any atom is 0.151 e. The van der Waals surface area contributed by atoms with Crippen molar-refractivity contribution in [3.05, 3.63) is 72.6 Å². The van der Waals surface area contributed by atoms with Gasteiger partial charge >= 0.3 is 0 Å². The molecule has 0 saturated heterocycles. The maximum absolute atomic E-state index is 5.94. The summed E-state index contributed by atoms with van der Waals surface area (Å²) >= 11 is 0. The Hall–Kier alpha value is -3.14. The number of nitrogens with zero attached hydrogens (tertiary/aromatic N) is 2. The first-order chi connectivity index (χ1) is 11.3. The van der Waals surface area contributed by atoms with Crippen LogP contribution in [-0.4, -0.2) is 10.7 Å². The standard InChI is InChI=1S/C19H15N3O/c1-13(21-22-19-8-4-5-11-20-19)18-12-16-15-7-3-2-6-14(15)9-10-17(16)23-18/h2-12H,1H3,(H,20,22)/b21-13-. The van der Waals surface area contributed by atoms with E-state index in [4.69, 9.17) is 4.42 Å². The van der Waals surface area contributed by atoms with Gasteiger partial charge in [0.15, 0.2) is 5.76 Å². The minimum atomic E-state index is 0.702. The molecule has 0 aliphatic heterocycles. The molecule has 0 aliphatic rings. The van der Waals surface area contributed by atoms with E-state index in [2.05, 4.69) is 33.7 Å². The molecule has 1 N–H and O–H groups in total. The highest BCUT2D eigenvalue weighted by Gasteiger charge is 2.09. The Balaban J connectivity index is 1.72. The van der Waals surface area contributed by atoms with Crippen molar-refractivity contribution in [3.63, 3.8) is 0 Å². The molecule has 0 saturated carbocycles. The van der Waals surface area contributed by atoms with Crippen LogP contribution >= 0.6 is 0 Å². The predicted octanol–water partition coefficient (Wildman–Crippen LogP) is 4.82. The largest absolute Gasteiger partial charge is 0.455 e. The molecule has 0 spiro atoms. The lowest BCUT2D eigenvalue weighted by Gasteiger charge is -1.99. The molecule has 2 aromatic heterocycles. The zero-order valence-electron chi connectivity index (χ0n) is 12.7. The van der Waals surface area contributed by atoms with Crippen LogP contribution in [0.3, 0.4) is 0 Å². The lowest BCUT2D eigenvalue weighted by atomic mass is 10.1. The summed E-state index contributed by atoms with van der Waals surface area (Å²) in [5.74, 6) is 1.45. The van der Waals surface area contributed by atoms with Crippen LogP contribution in [0.4, 0.5) is 5.82 Å². The number of nitrogens with one attached hydrogen (secondary N) is 1. The second-order valence-electron chi connectivity index (χ2n) is 5.33. The molecular formula is C19H15N3O. The lowest BCUT2D eigenvalue weighted by molar-refractivity contribution is 0.604. The van der Waals surface area contributed by atoms with E-state index in [-0.39, 0.29) is 0 Å². The zero-order valence-corrected chi connectivity index (χ0v) is 12.7. The van der Waals surface area contributed by atoms with E-state index in [1.807, 2.05) is 49.4 Å². The quantitative estimate of drug-likeness (QED) is 0.436. The van der Waals surface area contributed by atoms with Crippen molar-refractivity contribution in [2.24, 2.45) is 5.10 Å². The van der Waals surface area contributed by atoms with E-state index in [9.17, 15) is 0 Å². The van der Waals surface area contributed by atoms with Crippen molar-refractivity contribution in [3.8, 4) is 0 Å². The second-order valence-corrected chi connectivity index (χ2v) is 5.33. The van der Waals surface area contributed by atoms with E-state index in [0.29, 0.717) is 5.82 Å². The van der Waals surface area contributed by atoms with Crippen LogP contribution in [-0.2, 0) is 0 Å². The Morgan fingerprint density at radius 2 is 1.87 bits per heavy atom. The first kappa shape index (κ1) is 13.5. The van der Waals surface area contributed by atoms with Gasteiger partial charge in [0, 0.05) is 11.6 Å². The van der Waals surface area contributed by atoms with Crippen molar-refractivity contribution >= 4 is 33.3 Å². The number of aromatic nitrogens is 1. The van der Waals surface area contributed by atoms with Crippen LogP contribution < -0.4 is 5.43 Å². The fourth-order valence-corrected chi connectivity index (χ4v) is 2.60. The summed E-state index contributed by atoms with van der Waals surface area (Å²) in [6, 6.07) is 20.0. The molecule has 4 heteroatoms. The zero-order chi connectivity index (χ0) is 15.6. The van der Waals surface area contributed by atoms with Crippen LogP contribution in [0.15, 0.2) is 76.4 Å². The van der Waals surface area contributed by atoms with Crippen LogP contribution in [0.25, 0.3) is 21.7 Å². The molecule has 4 aromatic rings. The summed E-state index contributed by atoms with van der Waals surface area (Å²) in [7, 11) is 0. The number of pyridine rings is 1. The highest BCUT2D eigenvalue weighted by molar-refractivity contribution is 6.09. The molecule has 2 aromatic carbocycles. The molecule has 4 nitrogen and oxygen atoms in total. The fourth-order valence-electron chi connectivity index (χ4n) is 2.60. The summed E-state index contributed by atoms with van der Waals surface area (Å²) in [6.45, 7) is 1.91. The summed E-state index contributed by atoms with van der Waals surface area (Å²) < 4.78 is 5.94. The van der Waals surface area contributed by atoms with E-state index in [0.717, 1.165) is 22.4 Å². The number of benzene rings is 2. The van der Waals surface area contributed by atoms with Gasteiger partial charge in [-0.2, -0.15) is 5.10 Å². The first-order valence-electron chi connectivity index (χ1n) is 7.44. The number of rotatable bonds is 3. The van der Waals surface area contributed by atoms with Gasteiger partial charge < -0.3 is 4.42 Å². The van der Waals surface area contributed by atoms with Gasteiger partial charge in [0.05, 0.1) is 0 Å². The Morgan fingerprint density at radius 1 is 1.00 bits per heavy atom. The van der Waals surface area contributed by atoms with Gasteiger partial charge in [0.25, 0.3) is 0 Å². The van der Waals surface area contributed by atoms with Crippen LogP contribution in [0, 0.1) is 0 Å². The third-order valence-electron chi connectivity index (χ3n) is 3.79. The molecule has 0 bridgehead atoms. The maximum atomic E-state index is 5.94. The average molecular weight is 301 g/mol. The molecule has 23 heavy (non-hydrogen) atoms. The highest BCUT2D eigenvalue weighted by Crippen LogP contribution is 2.28. The Morgan fingerprint density at radius 3 is 2.74 bits per heavy atom. The number of fused-ring (bicyclic) bond motifs is 3. The molecule has 0 unspecified atom stereocenters. The van der Waals surface area contributed by atoms with E-state index < -0.39 is 0 Å². The fraction of sp³-hybridized carbons (Fsp3) is 0.0526. The van der Waals surface area contributed by atoms with Crippen molar-refractivity contribution in [1.29, 1.82) is 0 Å². The van der Waals surface area contributed by atoms with E-state index in [1.54, 1.807) is 6.20 Å².